The maximum Gasteiger partial charge on any atom is 0.475 e. The van der Waals surface area contributed by atoms with Crippen LogP contribution >= 0.6 is 7.82 Å². The molecular weight excluding hydrogens is 349 g/mol. The smallest absolute Gasteiger partial charge is 0.290 e. The topological polar surface area (TPSA) is 48.0 Å². The van der Waals surface area contributed by atoms with Gasteiger partial charge in [0.25, 0.3) is 0 Å². The van der Waals surface area contributed by atoms with E-state index in [4.69, 9.17) is 13.6 Å². The van der Waals surface area contributed by atoms with Crippen molar-refractivity contribution in [2.75, 3.05) is 34.5 Å². The first kappa shape index (κ1) is 25.3. The van der Waals surface area contributed by atoms with Gasteiger partial charge in [-0.2, -0.15) is 0 Å². The van der Waals surface area contributed by atoms with Gasteiger partial charge < -0.3 is 0 Å². The number of rotatable bonds is 14. The molecular formula is C20H38NO4P. The summed E-state index contributed by atoms with van der Waals surface area (Å²) in [5, 5.41) is 0. The van der Waals surface area contributed by atoms with Crippen molar-refractivity contribution in [1.82, 2.24) is 4.90 Å². The number of phosphoric ester groups is 1. The molecule has 0 aromatic heterocycles. The summed E-state index contributed by atoms with van der Waals surface area (Å²) < 4.78 is 26.5. The van der Waals surface area contributed by atoms with Crippen molar-refractivity contribution < 1.29 is 18.1 Å². The van der Waals surface area contributed by atoms with Crippen molar-refractivity contribution >= 4 is 7.82 Å². The molecule has 0 unspecified atom stereocenters. The van der Waals surface area contributed by atoms with Gasteiger partial charge in [-0.3, -0.25) is 18.5 Å². The summed E-state index contributed by atoms with van der Waals surface area (Å²) in [5.41, 5.74) is 4.25. The Morgan fingerprint density at radius 1 is 0.885 bits per heavy atom. The summed E-state index contributed by atoms with van der Waals surface area (Å²) >= 11 is 0. The fraction of sp³-hybridized carbons (Fsp3) is 0.700. The van der Waals surface area contributed by atoms with Crippen LogP contribution in [0.1, 0.15) is 59.8 Å². The van der Waals surface area contributed by atoms with Gasteiger partial charge in [0.15, 0.2) is 0 Å². The highest BCUT2D eigenvalue weighted by molar-refractivity contribution is 7.48. The second-order valence-electron chi connectivity index (χ2n) is 6.90. The number of hydrogen-bond donors (Lipinski definition) is 0. The Hall–Kier alpha value is -0.710. The van der Waals surface area contributed by atoms with Crippen molar-refractivity contribution in [3.63, 3.8) is 0 Å². The van der Waals surface area contributed by atoms with Crippen LogP contribution in [0.25, 0.3) is 0 Å². The zero-order chi connectivity index (χ0) is 20.0. The molecule has 0 N–H and O–H groups in total. The largest absolute Gasteiger partial charge is 0.475 e. The molecule has 152 valence electrons. The second-order valence-corrected chi connectivity index (χ2v) is 8.78. The first-order valence-electron chi connectivity index (χ1n) is 9.21. The third-order valence-electron chi connectivity index (χ3n) is 4.01. The van der Waals surface area contributed by atoms with Crippen LogP contribution in [0.4, 0.5) is 0 Å². The third-order valence-corrected chi connectivity index (χ3v) is 5.34. The first-order chi connectivity index (χ1) is 12.2. The fourth-order valence-corrected chi connectivity index (χ4v) is 2.98. The number of hydrogen-bond acceptors (Lipinski definition) is 5. The molecule has 0 aliphatic rings. The lowest BCUT2D eigenvalue weighted by molar-refractivity contribution is 0.0903. The average molecular weight is 388 g/mol. The lowest BCUT2D eigenvalue weighted by Crippen LogP contribution is -2.22. The van der Waals surface area contributed by atoms with Gasteiger partial charge in [-0.05, 0) is 66.8 Å². The van der Waals surface area contributed by atoms with Crippen LogP contribution in [0.5, 0.6) is 0 Å². The summed E-state index contributed by atoms with van der Waals surface area (Å²) in [6, 6.07) is 0. The Labute approximate surface area is 160 Å². The molecule has 0 aromatic carbocycles. The highest BCUT2D eigenvalue weighted by atomic mass is 31.2. The molecule has 0 saturated carbocycles. The van der Waals surface area contributed by atoms with E-state index in [0.717, 1.165) is 38.6 Å². The Morgan fingerprint density at radius 2 is 1.38 bits per heavy atom. The van der Waals surface area contributed by atoms with Crippen molar-refractivity contribution in [3.05, 3.63) is 34.9 Å². The van der Waals surface area contributed by atoms with Gasteiger partial charge in [0.1, 0.15) is 6.73 Å². The quantitative estimate of drug-likeness (QED) is 0.205. The summed E-state index contributed by atoms with van der Waals surface area (Å²) in [4.78, 5) is 1.95. The van der Waals surface area contributed by atoms with E-state index in [1.54, 1.807) is 0 Å². The molecule has 5 nitrogen and oxygen atoms in total. The molecule has 0 rings (SSSR count). The molecule has 0 fully saturated rings. The van der Waals surface area contributed by atoms with Gasteiger partial charge >= 0.3 is 7.82 Å². The molecule has 0 aliphatic carbocycles. The predicted molar refractivity (Wildman–Crippen MR) is 110 cm³/mol. The van der Waals surface area contributed by atoms with E-state index in [1.165, 1.54) is 30.9 Å². The maximum atomic E-state index is 11.8. The average Bonchev–Trinajstić information content (AvgIpc) is 2.59. The SMILES string of the molecule is COP(=O)(OC)OCN(C)CCC=C(C)CCC=C(C)CCC=C(C)C. The minimum atomic E-state index is -3.39. The van der Waals surface area contributed by atoms with E-state index in [0.29, 0.717) is 0 Å². The number of nitrogens with zero attached hydrogens (tertiary/aromatic N) is 1. The summed E-state index contributed by atoms with van der Waals surface area (Å²) in [7, 11) is 1.15. The lowest BCUT2D eigenvalue weighted by atomic mass is 10.1. The zero-order valence-corrected chi connectivity index (χ0v) is 18.6. The van der Waals surface area contributed by atoms with E-state index in [9.17, 15) is 4.57 Å². The summed E-state index contributed by atoms with van der Waals surface area (Å²) in [6.45, 7) is 9.70. The lowest BCUT2D eigenvalue weighted by Gasteiger charge is -2.19. The molecule has 0 radical (unpaired) electrons. The van der Waals surface area contributed by atoms with Crippen LogP contribution in [-0.4, -0.2) is 39.4 Å². The molecule has 0 spiro atoms. The van der Waals surface area contributed by atoms with Gasteiger partial charge in [-0.15, -0.1) is 0 Å². The molecule has 0 bridgehead atoms. The molecule has 0 heterocycles. The van der Waals surface area contributed by atoms with Gasteiger partial charge in [0.2, 0.25) is 0 Å². The molecule has 0 saturated heterocycles. The van der Waals surface area contributed by atoms with Gasteiger partial charge in [0, 0.05) is 20.8 Å². The first-order valence-corrected chi connectivity index (χ1v) is 10.7. The van der Waals surface area contributed by atoms with Crippen molar-refractivity contribution in [2.24, 2.45) is 0 Å². The van der Waals surface area contributed by atoms with Gasteiger partial charge in [-0.25, -0.2) is 4.57 Å². The Kier molecular flexibility index (Phi) is 14.0. The fourth-order valence-electron chi connectivity index (χ4n) is 2.28. The molecule has 6 heteroatoms. The van der Waals surface area contributed by atoms with Crippen LogP contribution in [-0.2, 0) is 18.1 Å². The molecule has 0 atom stereocenters. The number of phosphoric acid groups is 1. The van der Waals surface area contributed by atoms with Crippen LogP contribution in [0.15, 0.2) is 34.9 Å². The van der Waals surface area contributed by atoms with Gasteiger partial charge in [-0.1, -0.05) is 34.9 Å². The minimum Gasteiger partial charge on any atom is -0.290 e. The van der Waals surface area contributed by atoms with E-state index < -0.39 is 7.82 Å². The summed E-state index contributed by atoms with van der Waals surface area (Å²) in [5.74, 6) is 0. The Balaban J connectivity index is 4.03. The normalized spacial score (nSPS) is 13.4. The monoisotopic (exact) mass is 387 g/mol. The van der Waals surface area contributed by atoms with Crippen molar-refractivity contribution in [2.45, 2.75) is 59.8 Å². The minimum absolute atomic E-state index is 0.208. The second kappa shape index (κ2) is 14.4. The van der Waals surface area contributed by atoms with Gasteiger partial charge in [0.05, 0.1) is 0 Å². The Morgan fingerprint density at radius 3 is 1.88 bits per heavy atom. The third kappa shape index (κ3) is 13.5. The van der Waals surface area contributed by atoms with Crippen LogP contribution in [0.3, 0.4) is 0 Å². The highest BCUT2D eigenvalue weighted by Gasteiger charge is 2.22. The molecule has 0 amide bonds. The maximum absolute atomic E-state index is 11.8. The van der Waals surface area contributed by atoms with Crippen molar-refractivity contribution in [1.29, 1.82) is 0 Å². The molecule has 0 aliphatic heterocycles. The molecule has 0 aromatic rings. The van der Waals surface area contributed by atoms with E-state index in [2.05, 4.69) is 45.9 Å². The van der Waals surface area contributed by atoms with Crippen LogP contribution in [0.2, 0.25) is 0 Å². The zero-order valence-electron chi connectivity index (χ0n) is 17.7. The predicted octanol–water partition coefficient (Wildman–Crippen LogP) is 6.10. The van der Waals surface area contributed by atoms with E-state index in [1.807, 2.05) is 11.9 Å². The van der Waals surface area contributed by atoms with E-state index in [-0.39, 0.29) is 6.73 Å². The van der Waals surface area contributed by atoms with Crippen LogP contribution < -0.4 is 0 Å². The highest BCUT2D eigenvalue weighted by Crippen LogP contribution is 2.47. The Bertz CT molecular complexity index is 514. The standard InChI is InChI=1S/C20H38NO4P/c1-18(2)11-8-12-19(3)13-9-14-20(4)15-10-16-21(5)17-25-26(22,23-6)24-7/h11,13,15H,8-10,12,14,16-17H2,1-7H3. The summed E-state index contributed by atoms with van der Waals surface area (Å²) in [6.07, 6.45) is 12.3. The van der Waals surface area contributed by atoms with Crippen LogP contribution in [0, 0.1) is 0 Å². The van der Waals surface area contributed by atoms with Crippen molar-refractivity contribution in [3.8, 4) is 0 Å². The van der Waals surface area contributed by atoms with E-state index >= 15 is 0 Å². The molecule has 26 heavy (non-hydrogen) atoms. The number of allylic oxidation sites excluding steroid dienone is 5.